The Morgan fingerprint density at radius 1 is 1.24 bits per heavy atom. The van der Waals surface area contributed by atoms with Crippen molar-refractivity contribution in [3.63, 3.8) is 0 Å². The number of carboxylic acids is 1. The molecule has 1 saturated heterocycles. The van der Waals surface area contributed by atoms with Crippen molar-refractivity contribution < 1.29 is 28.9 Å². The lowest BCUT2D eigenvalue weighted by Gasteiger charge is -2.31. The van der Waals surface area contributed by atoms with Crippen LogP contribution >= 0.6 is 0 Å². The number of methoxy groups -OCH3 is 2. The number of carboxylic acid groups (broad SMARTS) is 1. The third-order valence-corrected chi connectivity index (χ3v) is 3.23. The van der Waals surface area contributed by atoms with E-state index < -0.39 is 12.1 Å². The molecule has 0 spiro atoms. The molecule has 0 bridgehead atoms. The molecule has 0 aromatic heterocycles. The fourth-order valence-corrected chi connectivity index (χ4v) is 2.10. The standard InChI is InChI=1S/C14H17NO6/c1-19-10-5-9(6-11(7-10)20-2)13(16)15-3-4-21-12(8-15)14(17)18/h5-7,12H,3-4,8H2,1-2H3,(H,17,18)/t12-/m1/s1. The Hall–Kier alpha value is -2.28. The number of ether oxygens (including phenoxy) is 3. The van der Waals surface area contributed by atoms with Crippen molar-refractivity contribution in [1.82, 2.24) is 4.90 Å². The molecule has 1 amide bonds. The molecule has 0 radical (unpaired) electrons. The van der Waals surface area contributed by atoms with Crippen LogP contribution in [0.1, 0.15) is 10.4 Å². The summed E-state index contributed by atoms with van der Waals surface area (Å²) in [5, 5.41) is 8.97. The fraction of sp³-hybridized carbons (Fsp3) is 0.429. The van der Waals surface area contributed by atoms with Crippen LogP contribution in [0.2, 0.25) is 0 Å². The van der Waals surface area contributed by atoms with Crippen molar-refractivity contribution in [2.75, 3.05) is 33.9 Å². The number of benzene rings is 1. The normalized spacial score (nSPS) is 18.2. The number of amides is 1. The van der Waals surface area contributed by atoms with Gasteiger partial charge in [-0.2, -0.15) is 0 Å². The third kappa shape index (κ3) is 3.43. The Kier molecular flexibility index (Phi) is 4.64. The van der Waals surface area contributed by atoms with Crippen molar-refractivity contribution in [2.45, 2.75) is 6.10 Å². The summed E-state index contributed by atoms with van der Waals surface area (Å²) >= 11 is 0. The molecule has 1 atom stereocenters. The molecule has 7 heteroatoms. The zero-order chi connectivity index (χ0) is 15.4. The van der Waals surface area contributed by atoms with Crippen molar-refractivity contribution in [3.05, 3.63) is 23.8 Å². The van der Waals surface area contributed by atoms with Crippen LogP contribution in [-0.4, -0.2) is 61.9 Å². The first-order chi connectivity index (χ1) is 10.0. The summed E-state index contributed by atoms with van der Waals surface area (Å²) in [6.07, 6.45) is -0.991. The number of hydrogen-bond donors (Lipinski definition) is 1. The molecular formula is C14H17NO6. The Labute approximate surface area is 122 Å². The molecule has 1 aliphatic heterocycles. The number of rotatable bonds is 4. The molecule has 1 heterocycles. The quantitative estimate of drug-likeness (QED) is 0.877. The lowest BCUT2D eigenvalue weighted by Crippen LogP contribution is -2.48. The van der Waals surface area contributed by atoms with E-state index in [1.165, 1.54) is 19.1 Å². The van der Waals surface area contributed by atoms with Gasteiger partial charge in [0.15, 0.2) is 6.10 Å². The van der Waals surface area contributed by atoms with Crippen LogP contribution in [0.25, 0.3) is 0 Å². The third-order valence-electron chi connectivity index (χ3n) is 3.23. The zero-order valence-electron chi connectivity index (χ0n) is 11.9. The lowest BCUT2D eigenvalue weighted by atomic mass is 10.1. The fourth-order valence-electron chi connectivity index (χ4n) is 2.10. The minimum atomic E-state index is -1.07. The summed E-state index contributed by atoms with van der Waals surface area (Å²) in [7, 11) is 3.00. The SMILES string of the molecule is COc1cc(OC)cc(C(=O)N2CCO[C@@H](C(=O)O)C2)c1. The van der Waals surface area contributed by atoms with Gasteiger partial charge in [0.2, 0.25) is 0 Å². The van der Waals surface area contributed by atoms with Gasteiger partial charge in [-0.25, -0.2) is 4.79 Å². The molecule has 1 N–H and O–H groups in total. The average molecular weight is 295 g/mol. The summed E-state index contributed by atoms with van der Waals surface area (Å²) in [6, 6.07) is 4.85. The first-order valence-electron chi connectivity index (χ1n) is 6.42. The predicted molar refractivity (Wildman–Crippen MR) is 72.8 cm³/mol. The number of carbonyl (C=O) groups is 2. The van der Waals surface area contributed by atoms with Gasteiger partial charge < -0.3 is 24.2 Å². The maximum absolute atomic E-state index is 12.5. The average Bonchev–Trinajstić information content (AvgIpc) is 2.53. The highest BCUT2D eigenvalue weighted by atomic mass is 16.5. The van der Waals surface area contributed by atoms with Crippen molar-refractivity contribution in [1.29, 1.82) is 0 Å². The van der Waals surface area contributed by atoms with Gasteiger partial charge >= 0.3 is 5.97 Å². The van der Waals surface area contributed by atoms with Gasteiger partial charge in [-0.1, -0.05) is 0 Å². The minimum Gasteiger partial charge on any atom is -0.497 e. The Balaban J connectivity index is 2.21. The molecule has 0 saturated carbocycles. The molecule has 1 aromatic rings. The zero-order valence-corrected chi connectivity index (χ0v) is 11.9. The Bertz CT molecular complexity index is 522. The van der Waals surface area contributed by atoms with Crippen LogP contribution < -0.4 is 9.47 Å². The maximum Gasteiger partial charge on any atom is 0.334 e. The summed E-state index contributed by atoms with van der Waals surface area (Å²) in [5.74, 6) is -0.348. The summed E-state index contributed by atoms with van der Waals surface area (Å²) in [5.41, 5.74) is 0.386. The van der Waals surface area contributed by atoms with Crippen molar-refractivity contribution >= 4 is 11.9 Å². The van der Waals surface area contributed by atoms with E-state index in [1.54, 1.807) is 18.2 Å². The van der Waals surface area contributed by atoms with Crippen LogP contribution in [0.5, 0.6) is 11.5 Å². The van der Waals surface area contributed by atoms with E-state index in [9.17, 15) is 9.59 Å². The maximum atomic E-state index is 12.5. The predicted octanol–water partition coefficient (Wildman–Crippen LogP) is 0.629. The number of aliphatic carboxylic acids is 1. The topological polar surface area (TPSA) is 85.3 Å². The molecule has 2 rings (SSSR count). The van der Waals surface area contributed by atoms with Gasteiger partial charge in [0.1, 0.15) is 11.5 Å². The van der Waals surface area contributed by atoms with E-state index in [0.717, 1.165) is 0 Å². The van der Waals surface area contributed by atoms with E-state index in [-0.39, 0.29) is 19.1 Å². The minimum absolute atomic E-state index is 0.0215. The number of hydrogen-bond acceptors (Lipinski definition) is 5. The van der Waals surface area contributed by atoms with Gasteiger partial charge in [0.25, 0.3) is 5.91 Å². The van der Waals surface area contributed by atoms with Gasteiger partial charge in [-0.15, -0.1) is 0 Å². The Morgan fingerprint density at radius 3 is 2.38 bits per heavy atom. The van der Waals surface area contributed by atoms with Crippen LogP contribution in [0, 0.1) is 0 Å². The van der Waals surface area contributed by atoms with E-state index >= 15 is 0 Å². The second-order valence-corrected chi connectivity index (χ2v) is 4.55. The van der Waals surface area contributed by atoms with Gasteiger partial charge in [-0.05, 0) is 12.1 Å². The highest BCUT2D eigenvalue weighted by Crippen LogP contribution is 2.24. The summed E-state index contributed by atoms with van der Waals surface area (Å²) in [4.78, 5) is 24.9. The molecule has 1 aromatic carbocycles. The van der Waals surface area contributed by atoms with E-state index in [2.05, 4.69) is 0 Å². The molecule has 114 valence electrons. The second-order valence-electron chi connectivity index (χ2n) is 4.55. The van der Waals surface area contributed by atoms with E-state index in [0.29, 0.717) is 23.6 Å². The Morgan fingerprint density at radius 2 is 1.86 bits per heavy atom. The lowest BCUT2D eigenvalue weighted by molar-refractivity contribution is -0.154. The number of carbonyl (C=O) groups excluding carboxylic acids is 1. The number of morpholine rings is 1. The molecule has 7 nitrogen and oxygen atoms in total. The molecule has 21 heavy (non-hydrogen) atoms. The van der Waals surface area contributed by atoms with Crippen molar-refractivity contribution in [3.8, 4) is 11.5 Å². The highest BCUT2D eigenvalue weighted by molar-refractivity contribution is 5.95. The molecule has 0 unspecified atom stereocenters. The van der Waals surface area contributed by atoms with Crippen LogP contribution in [0.4, 0.5) is 0 Å². The van der Waals surface area contributed by atoms with E-state index in [4.69, 9.17) is 19.3 Å². The largest absolute Gasteiger partial charge is 0.497 e. The highest BCUT2D eigenvalue weighted by Gasteiger charge is 2.29. The monoisotopic (exact) mass is 295 g/mol. The smallest absolute Gasteiger partial charge is 0.334 e. The van der Waals surface area contributed by atoms with E-state index in [1.807, 2.05) is 0 Å². The van der Waals surface area contributed by atoms with Crippen LogP contribution in [0.15, 0.2) is 18.2 Å². The van der Waals surface area contributed by atoms with Crippen LogP contribution in [-0.2, 0) is 9.53 Å². The van der Waals surface area contributed by atoms with Crippen LogP contribution in [0.3, 0.4) is 0 Å². The molecule has 1 fully saturated rings. The molecule has 1 aliphatic rings. The molecule has 0 aliphatic carbocycles. The van der Waals surface area contributed by atoms with Gasteiger partial charge in [0.05, 0.1) is 27.4 Å². The first-order valence-corrected chi connectivity index (χ1v) is 6.42. The molecular weight excluding hydrogens is 278 g/mol. The van der Waals surface area contributed by atoms with Crippen molar-refractivity contribution in [2.24, 2.45) is 0 Å². The summed E-state index contributed by atoms with van der Waals surface area (Å²) < 4.78 is 15.4. The van der Waals surface area contributed by atoms with Gasteiger partial charge in [-0.3, -0.25) is 4.79 Å². The van der Waals surface area contributed by atoms with Gasteiger partial charge in [0, 0.05) is 18.2 Å². The number of nitrogens with zero attached hydrogens (tertiary/aromatic N) is 1. The summed E-state index contributed by atoms with van der Waals surface area (Å²) in [6.45, 7) is 0.569. The second kappa shape index (κ2) is 6.45. The first kappa shape index (κ1) is 15.1.